The summed E-state index contributed by atoms with van der Waals surface area (Å²) in [5.74, 6) is -0.0131. The van der Waals surface area contributed by atoms with Gasteiger partial charge < -0.3 is 19.5 Å². The summed E-state index contributed by atoms with van der Waals surface area (Å²) in [6, 6.07) is 7.65. The molecule has 28 heavy (non-hydrogen) atoms. The standard InChI is InChI=1S/C21H32N2O5/c1-16-15-22(11-12-23(16)20(26)28-21(2,3)4)13-14-27-18-8-5-17(6-9-18)7-10-19(24)25/h5-6,8-9,16H,7,10-15H2,1-4H3,(H,24,25)/t16-/m0/s1. The first-order chi connectivity index (χ1) is 13.1. The average molecular weight is 392 g/mol. The van der Waals surface area contributed by atoms with Gasteiger partial charge in [0.25, 0.3) is 0 Å². The predicted molar refractivity (Wildman–Crippen MR) is 107 cm³/mol. The van der Waals surface area contributed by atoms with Crippen molar-refractivity contribution in [2.75, 3.05) is 32.8 Å². The first-order valence-electron chi connectivity index (χ1n) is 9.79. The van der Waals surface area contributed by atoms with Crippen LogP contribution in [-0.4, -0.2) is 71.4 Å². The second-order valence-electron chi connectivity index (χ2n) is 8.21. The monoisotopic (exact) mass is 392 g/mol. The summed E-state index contributed by atoms with van der Waals surface area (Å²) in [5.41, 5.74) is 0.507. The van der Waals surface area contributed by atoms with Crippen LogP contribution >= 0.6 is 0 Å². The Morgan fingerprint density at radius 2 is 1.86 bits per heavy atom. The fourth-order valence-corrected chi connectivity index (χ4v) is 3.12. The molecule has 0 aliphatic carbocycles. The van der Waals surface area contributed by atoms with E-state index in [1.54, 1.807) is 4.90 Å². The van der Waals surface area contributed by atoms with Crippen LogP contribution in [0.1, 0.15) is 39.7 Å². The summed E-state index contributed by atoms with van der Waals surface area (Å²) in [5, 5.41) is 8.73. The highest BCUT2D eigenvalue weighted by Gasteiger charge is 2.30. The fourth-order valence-electron chi connectivity index (χ4n) is 3.12. The molecule has 7 heteroatoms. The number of carboxylic acid groups (broad SMARTS) is 1. The third-order valence-electron chi connectivity index (χ3n) is 4.57. The van der Waals surface area contributed by atoms with E-state index < -0.39 is 11.6 Å². The van der Waals surface area contributed by atoms with Gasteiger partial charge in [-0.15, -0.1) is 0 Å². The Kier molecular flexibility index (Phi) is 7.69. The summed E-state index contributed by atoms with van der Waals surface area (Å²) in [7, 11) is 0. The minimum atomic E-state index is -0.790. The van der Waals surface area contributed by atoms with Gasteiger partial charge >= 0.3 is 12.1 Å². The smallest absolute Gasteiger partial charge is 0.410 e. The quantitative estimate of drug-likeness (QED) is 0.768. The number of carboxylic acids is 1. The van der Waals surface area contributed by atoms with Gasteiger partial charge in [-0.2, -0.15) is 0 Å². The number of amides is 1. The lowest BCUT2D eigenvalue weighted by molar-refractivity contribution is -0.136. The Labute approximate surface area is 167 Å². The maximum Gasteiger partial charge on any atom is 0.410 e. The van der Waals surface area contributed by atoms with Gasteiger partial charge in [0, 0.05) is 38.6 Å². The molecule has 1 N–H and O–H groups in total. The van der Waals surface area contributed by atoms with E-state index in [0.717, 1.165) is 30.9 Å². The third-order valence-corrected chi connectivity index (χ3v) is 4.57. The molecular weight excluding hydrogens is 360 g/mol. The Bertz CT molecular complexity index is 654. The van der Waals surface area contributed by atoms with Crippen LogP contribution in [0.5, 0.6) is 5.75 Å². The molecule has 156 valence electrons. The number of hydrogen-bond donors (Lipinski definition) is 1. The topological polar surface area (TPSA) is 79.3 Å². The number of piperazine rings is 1. The molecule has 1 fully saturated rings. The van der Waals surface area contributed by atoms with Gasteiger partial charge in [-0.3, -0.25) is 9.69 Å². The van der Waals surface area contributed by atoms with Gasteiger partial charge in [-0.05, 0) is 51.8 Å². The van der Waals surface area contributed by atoms with Crippen molar-refractivity contribution in [3.63, 3.8) is 0 Å². The van der Waals surface area contributed by atoms with Gasteiger partial charge in [-0.25, -0.2) is 4.79 Å². The van der Waals surface area contributed by atoms with Crippen LogP contribution in [0, 0.1) is 0 Å². The lowest BCUT2D eigenvalue weighted by Crippen LogP contribution is -2.55. The lowest BCUT2D eigenvalue weighted by atomic mass is 10.1. The summed E-state index contributed by atoms with van der Waals surface area (Å²) in [6.07, 6.45) is 0.405. The molecule has 0 radical (unpaired) electrons. The van der Waals surface area contributed by atoms with E-state index in [-0.39, 0.29) is 18.6 Å². The Hall–Kier alpha value is -2.28. The van der Waals surface area contributed by atoms with Crippen LogP contribution < -0.4 is 4.74 Å². The number of aliphatic carboxylic acids is 1. The number of ether oxygens (including phenoxy) is 2. The Balaban J connectivity index is 1.72. The zero-order valence-corrected chi connectivity index (χ0v) is 17.3. The summed E-state index contributed by atoms with van der Waals surface area (Å²) < 4.78 is 11.3. The molecule has 0 bridgehead atoms. The number of rotatable bonds is 7. The third kappa shape index (κ3) is 7.38. The van der Waals surface area contributed by atoms with Gasteiger partial charge in [0.05, 0.1) is 0 Å². The van der Waals surface area contributed by atoms with E-state index in [1.165, 1.54) is 0 Å². The van der Waals surface area contributed by atoms with Crippen LogP contribution in [0.25, 0.3) is 0 Å². The van der Waals surface area contributed by atoms with E-state index in [9.17, 15) is 9.59 Å². The van der Waals surface area contributed by atoms with Gasteiger partial charge in [-0.1, -0.05) is 12.1 Å². The number of aryl methyl sites for hydroxylation is 1. The molecule has 7 nitrogen and oxygen atoms in total. The van der Waals surface area contributed by atoms with Gasteiger partial charge in [0.15, 0.2) is 0 Å². The van der Waals surface area contributed by atoms with E-state index in [1.807, 2.05) is 52.0 Å². The van der Waals surface area contributed by atoms with Crippen molar-refractivity contribution in [3.05, 3.63) is 29.8 Å². The Morgan fingerprint density at radius 3 is 2.43 bits per heavy atom. The highest BCUT2D eigenvalue weighted by Crippen LogP contribution is 2.16. The van der Waals surface area contributed by atoms with Crippen LogP contribution in [0.4, 0.5) is 4.79 Å². The molecule has 1 aliphatic rings. The lowest BCUT2D eigenvalue weighted by Gasteiger charge is -2.40. The number of carbonyl (C=O) groups is 2. The molecule has 1 heterocycles. The largest absolute Gasteiger partial charge is 0.492 e. The summed E-state index contributed by atoms with van der Waals surface area (Å²) >= 11 is 0. The van der Waals surface area contributed by atoms with Crippen molar-refractivity contribution in [2.24, 2.45) is 0 Å². The van der Waals surface area contributed by atoms with Crippen LogP contribution in [-0.2, 0) is 16.0 Å². The molecule has 2 rings (SSSR count). The molecule has 1 aliphatic heterocycles. The molecule has 0 saturated carbocycles. The van der Waals surface area contributed by atoms with Crippen LogP contribution in [0.3, 0.4) is 0 Å². The van der Waals surface area contributed by atoms with Crippen LogP contribution in [0.2, 0.25) is 0 Å². The number of benzene rings is 1. The molecule has 1 amide bonds. The van der Waals surface area contributed by atoms with Crippen molar-refractivity contribution in [3.8, 4) is 5.75 Å². The van der Waals surface area contributed by atoms with Gasteiger partial charge in [0.1, 0.15) is 18.0 Å². The highest BCUT2D eigenvalue weighted by atomic mass is 16.6. The molecule has 1 aromatic carbocycles. The van der Waals surface area contributed by atoms with Gasteiger partial charge in [0.2, 0.25) is 0 Å². The SMILES string of the molecule is C[C@H]1CN(CCOc2ccc(CCC(=O)O)cc2)CCN1C(=O)OC(C)(C)C. The zero-order valence-electron chi connectivity index (χ0n) is 17.3. The van der Waals surface area contributed by atoms with E-state index in [4.69, 9.17) is 14.6 Å². The zero-order chi connectivity index (χ0) is 20.7. The Morgan fingerprint density at radius 1 is 1.18 bits per heavy atom. The van der Waals surface area contributed by atoms with Crippen molar-refractivity contribution < 1.29 is 24.2 Å². The van der Waals surface area contributed by atoms with E-state index >= 15 is 0 Å². The molecule has 0 unspecified atom stereocenters. The minimum Gasteiger partial charge on any atom is -0.492 e. The number of hydrogen-bond acceptors (Lipinski definition) is 5. The molecule has 1 saturated heterocycles. The van der Waals surface area contributed by atoms with Crippen molar-refractivity contribution >= 4 is 12.1 Å². The van der Waals surface area contributed by atoms with Crippen LogP contribution in [0.15, 0.2) is 24.3 Å². The number of carbonyl (C=O) groups excluding carboxylic acids is 1. The average Bonchev–Trinajstić information content (AvgIpc) is 2.59. The fraction of sp³-hybridized carbons (Fsp3) is 0.619. The molecule has 1 aromatic rings. The van der Waals surface area contributed by atoms with Crippen molar-refractivity contribution in [2.45, 2.75) is 52.2 Å². The first-order valence-corrected chi connectivity index (χ1v) is 9.79. The highest BCUT2D eigenvalue weighted by molar-refractivity contribution is 5.68. The molecule has 1 atom stereocenters. The second-order valence-corrected chi connectivity index (χ2v) is 8.21. The van der Waals surface area contributed by atoms with Crippen molar-refractivity contribution in [1.82, 2.24) is 9.80 Å². The number of nitrogens with zero attached hydrogens (tertiary/aromatic N) is 2. The van der Waals surface area contributed by atoms with Crippen molar-refractivity contribution in [1.29, 1.82) is 0 Å². The van der Waals surface area contributed by atoms with E-state index in [0.29, 0.717) is 19.6 Å². The molecular formula is C21H32N2O5. The first kappa shape index (κ1) is 22.0. The predicted octanol–water partition coefficient (Wildman–Crippen LogP) is 3.02. The molecule has 0 spiro atoms. The maximum absolute atomic E-state index is 12.3. The maximum atomic E-state index is 12.3. The summed E-state index contributed by atoms with van der Waals surface area (Å²) in [6.45, 7) is 11.2. The molecule has 0 aromatic heterocycles. The summed E-state index contributed by atoms with van der Waals surface area (Å²) in [4.78, 5) is 27.0. The normalized spacial score (nSPS) is 18.0. The minimum absolute atomic E-state index is 0.0946. The van der Waals surface area contributed by atoms with E-state index in [2.05, 4.69) is 4.90 Å². The second kappa shape index (κ2) is 9.78.